The maximum absolute atomic E-state index is 12.9. The van der Waals surface area contributed by atoms with E-state index in [9.17, 15) is 9.18 Å². The number of nitriles is 1. The van der Waals surface area contributed by atoms with Crippen molar-refractivity contribution in [2.24, 2.45) is 5.73 Å². The second-order valence-corrected chi connectivity index (χ2v) is 4.21. The maximum Gasteiger partial charge on any atom is 0.246 e. The summed E-state index contributed by atoms with van der Waals surface area (Å²) in [7, 11) is 0. The van der Waals surface area contributed by atoms with Crippen LogP contribution in [0.3, 0.4) is 0 Å². The Morgan fingerprint density at radius 3 is 3.00 bits per heavy atom. The standard InChI is InChI=1S/C12H12FN3O2/c13-9-1-2-10(8(5-9)6-14)16-11(17)12(15)3-4-18-7-12/h1-2,5H,3-4,7,15H2,(H,16,17). The monoisotopic (exact) mass is 249 g/mol. The van der Waals surface area contributed by atoms with Gasteiger partial charge in [0.2, 0.25) is 5.91 Å². The summed E-state index contributed by atoms with van der Waals surface area (Å²) in [4.78, 5) is 12.0. The number of nitrogens with two attached hydrogens (primary N) is 1. The summed E-state index contributed by atoms with van der Waals surface area (Å²) in [5.74, 6) is -0.959. The number of nitrogens with zero attached hydrogens (tertiary/aromatic N) is 1. The molecule has 1 heterocycles. The van der Waals surface area contributed by atoms with Gasteiger partial charge in [0.1, 0.15) is 17.4 Å². The molecule has 0 aromatic heterocycles. The molecule has 1 saturated heterocycles. The molecule has 3 N–H and O–H groups in total. The van der Waals surface area contributed by atoms with Gasteiger partial charge in [0.25, 0.3) is 0 Å². The first-order chi connectivity index (χ1) is 8.55. The van der Waals surface area contributed by atoms with Gasteiger partial charge < -0.3 is 15.8 Å². The summed E-state index contributed by atoms with van der Waals surface area (Å²) in [6.07, 6.45) is 0.419. The zero-order valence-corrected chi connectivity index (χ0v) is 9.57. The van der Waals surface area contributed by atoms with E-state index < -0.39 is 17.3 Å². The fourth-order valence-corrected chi connectivity index (χ4v) is 1.72. The molecule has 1 amide bonds. The Morgan fingerprint density at radius 2 is 2.39 bits per heavy atom. The molecule has 18 heavy (non-hydrogen) atoms. The van der Waals surface area contributed by atoms with E-state index in [1.165, 1.54) is 12.1 Å². The number of anilines is 1. The number of nitrogens with one attached hydrogen (secondary N) is 1. The average molecular weight is 249 g/mol. The third-order valence-corrected chi connectivity index (χ3v) is 2.85. The van der Waals surface area contributed by atoms with Crippen molar-refractivity contribution in [2.45, 2.75) is 12.0 Å². The summed E-state index contributed by atoms with van der Waals surface area (Å²) in [5.41, 5.74) is 5.11. The number of benzene rings is 1. The van der Waals surface area contributed by atoms with Crippen LogP contribution < -0.4 is 11.1 Å². The molecule has 1 aliphatic rings. The van der Waals surface area contributed by atoms with Crippen LogP contribution in [0.1, 0.15) is 12.0 Å². The quantitative estimate of drug-likeness (QED) is 0.809. The van der Waals surface area contributed by atoms with Gasteiger partial charge in [0.15, 0.2) is 0 Å². The molecule has 94 valence electrons. The van der Waals surface area contributed by atoms with Gasteiger partial charge >= 0.3 is 0 Å². The summed E-state index contributed by atoms with van der Waals surface area (Å²) in [6.45, 7) is 0.570. The number of hydrogen-bond acceptors (Lipinski definition) is 4. The first-order valence-electron chi connectivity index (χ1n) is 5.43. The molecule has 0 saturated carbocycles. The molecule has 1 unspecified atom stereocenters. The lowest BCUT2D eigenvalue weighted by atomic mass is 9.99. The predicted molar refractivity (Wildman–Crippen MR) is 62.1 cm³/mol. The molecule has 0 bridgehead atoms. The number of hydrogen-bond donors (Lipinski definition) is 2. The lowest BCUT2D eigenvalue weighted by Crippen LogP contribution is -2.51. The van der Waals surface area contributed by atoms with Crippen molar-refractivity contribution in [2.75, 3.05) is 18.5 Å². The smallest absolute Gasteiger partial charge is 0.246 e. The Labute approximate surface area is 103 Å². The highest BCUT2D eigenvalue weighted by Crippen LogP contribution is 2.21. The highest BCUT2D eigenvalue weighted by Gasteiger charge is 2.38. The second kappa shape index (κ2) is 4.72. The summed E-state index contributed by atoms with van der Waals surface area (Å²) in [6, 6.07) is 5.39. The third-order valence-electron chi connectivity index (χ3n) is 2.85. The topological polar surface area (TPSA) is 88.1 Å². The number of rotatable bonds is 2. The summed E-state index contributed by atoms with van der Waals surface area (Å²) in [5, 5.41) is 11.4. The largest absolute Gasteiger partial charge is 0.379 e. The first kappa shape index (κ1) is 12.5. The molecule has 6 heteroatoms. The van der Waals surface area contributed by atoms with Crippen molar-refractivity contribution in [3.05, 3.63) is 29.6 Å². The number of carbonyl (C=O) groups is 1. The number of halogens is 1. The summed E-state index contributed by atoms with van der Waals surface area (Å²) < 4.78 is 18.0. The van der Waals surface area contributed by atoms with Crippen LogP contribution >= 0.6 is 0 Å². The van der Waals surface area contributed by atoms with Gasteiger partial charge in [-0.2, -0.15) is 5.26 Å². The molecule has 1 fully saturated rings. The van der Waals surface area contributed by atoms with Gasteiger partial charge in [-0.3, -0.25) is 4.79 Å². The zero-order valence-electron chi connectivity index (χ0n) is 9.57. The maximum atomic E-state index is 12.9. The highest BCUT2D eigenvalue weighted by atomic mass is 19.1. The second-order valence-electron chi connectivity index (χ2n) is 4.21. The molecule has 1 aliphatic heterocycles. The van der Waals surface area contributed by atoms with Gasteiger partial charge in [0, 0.05) is 6.61 Å². The lowest BCUT2D eigenvalue weighted by molar-refractivity contribution is -0.121. The minimum Gasteiger partial charge on any atom is -0.379 e. The van der Waals surface area contributed by atoms with E-state index in [1.54, 1.807) is 0 Å². The molecule has 0 aliphatic carbocycles. The van der Waals surface area contributed by atoms with Crippen molar-refractivity contribution in [3.8, 4) is 6.07 Å². The fourth-order valence-electron chi connectivity index (χ4n) is 1.72. The van der Waals surface area contributed by atoms with Gasteiger partial charge in [-0.05, 0) is 24.6 Å². The molecule has 1 aromatic carbocycles. The summed E-state index contributed by atoms with van der Waals surface area (Å²) >= 11 is 0. The van der Waals surface area contributed by atoms with Gasteiger partial charge in [-0.25, -0.2) is 4.39 Å². The van der Waals surface area contributed by atoms with Crippen molar-refractivity contribution >= 4 is 11.6 Å². The number of amides is 1. The Kier molecular flexibility index (Phi) is 3.28. The molecular formula is C12H12FN3O2. The van der Waals surface area contributed by atoms with Crippen LogP contribution in [0.25, 0.3) is 0 Å². The minimum atomic E-state index is -1.08. The van der Waals surface area contributed by atoms with Crippen molar-refractivity contribution in [1.82, 2.24) is 0 Å². The Balaban J connectivity index is 2.19. The van der Waals surface area contributed by atoms with Gasteiger partial charge in [-0.1, -0.05) is 0 Å². The molecule has 2 rings (SSSR count). The number of ether oxygens (including phenoxy) is 1. The molecule has 1 atom stereocenters. The molecule has 5 nitrogen and oxygen atoms in total. The molecular weight excluding hydrogens is 237 g/mol. The normalized spacial score (nSPS) is 22.5. The SMILES string of the molecule is N#Cc1cc(F)ccc1NC(=O)C1(N)CCOC1. The van der Waals surface area contributed by atoms with Crippen LogP contribution in [-0.2, 0) is 9.53 Å². The van der Waals surface area contributed by atoms with E-state index in [1.807, 2.05) is 6.07 Å². The fraction of sp³-hybridized carbons (Fsp3) is 0.333. The van der Waals surface area contributed by atoms with E-state index >= 15 is 0 Å². The van der Waals surface area contributed by atoms with Crippen LogP contribution in [0, 0.1) is 17.1 Å². The first-order valence-corrected chi connectivity index (χ1v) is 5.43. The van der Waals surface area contributed by atoms with Crippen LogP contribution in [0.5, 0.6) is 0 Å². The van der Waals surface area contributed by atoms with E-state index in [0.717, 1.165) is 6.07 Å². The van der Waals surface area contributed by atoms with E-state index in [-0.39, 0.29) is 17.9 Å². The Hall–Kier alpha value is -1.97. The molecule has 0 spiro atoms. The van der Waals surface area contributed by atoms with Crippen molar-refractivity contribution < 1.29 is 13.9 Å². The van der Waals surface area contributed by atoms with Crippen LogP contribution in [0.2, 0.25) is 0 Å². The van der Waals surface area contributed by atoms with Crippen LogP contribution in [0.15, 0.2) is 18.2 Å². The lowest BCUT2D eigenvalue weighted by Gasteiger charge is -2.20. The zero-order chi connectivity index (χ0) is 13.2. The van der Waals surface area contributed by atoms with Crippen LogP contribution in [0.4, 0.5) is 10.1 Å². The average Bonchev–Trinajstić information content (AvgIpc) is 2.79. The minimum absolute atomic E-state index is 0.0610. The van der Waals surface area contributed by atoms with Crippen LogP contribution in [-0.4, -0.2) is 24.7 Å². The Morgan fingerprint density at radius 1 is 1.61 bits per heavy atom. The van der Waals surface area contributed by atoms with E-state index in [2.05, 4.69) is 5.32 Å². The molecule has 0 radical (unpaired) electrons. The predicted octanol–water partition coefficient (Wildman–Crippen LogP) is 0.754. The van der Waals surface area contributed by atoms with Gasteiger partial charge in [0.05, 0.1) is 17.9 Å². The Bertz CT molecular complexity index is 519. The van der Waals surface area contributed by atoms with Crippen molar-refractivity contribution in [1.29, 1.82) is 5.26 Å². The highest BCUT2D eigenvalue weighted by molar-refractivity contribution is 5.99. The number of carbonyl (C=O) groups excluding carboxylic acids is 1. The molecule has 1 aromatic rings. The van der Waals surface area contributed by atoms with E-state index in [4.69, 9.17) is 15.7 Å². The van der Waals surface area contributed by atoms with Crippen molar-refractivity contribution in [3.63, 3.8) is 0 Å². The van der Waals surface area contributed by atoms with Gasteiger partial charge in [-0.15, -0.1) is 0 Å². The van der Waals surface area contributed by atoms with E-state index in [0.29, 0.717) is 13.0 Å². The third kappa shape index (κ3) is 2.32.